The second-order valence-corrected chi connectivity index (χ2v) is 6.70. The van der Waals surface area contributed by atoms with Gasteiger partial charge in [0, 0.05) is 28.2 Å². The summed E-state index contributed by atoms with van der Waals surface area (Å²) in [4.78, 5) is 8.89. The van der Waals surface area contributed by atoms with Crippen molar-refractivity contribution in [3.05, 3.63) is 60.9 Å². The van der Waals surface area contributed by atoms with Crippen molar-refractivity contribution in [1.29, 1.82) is 0 Å². The molecule has 0 saturated heterocycles. The zero-order chi connectivity index (χ0) is 16.8. The van der Waals surface area contributed by atoms with Gasteiger partial charge in [-0.05, 0) is 18.2 Å². The molecule has 0 aliphatic rings. The van der Waals surface area contributed by atoms with Crippen LogP contribution >= 0.6 is 28.3 Å². The fraction of sp³-hybridized carbons (Fsp3) is 0.0526. The minimum atomic E-state index is 0. The van der Waals surface area contributed by atoms with Gasteiger partial charge in [-0.25, -0.2) is 9.50 Å². The molecule has 0 saturated carbocycles. The van der Waals surface area contributed by atoms with Crippen molar-refractivity contribution >= 4 is 44.2 Å². The zero-order valence-corrected chi connectivity index (χ0v) is 16.4. The van der Waals surface area contributed by atoms with Gasteiger partial charge in [-0.1, -0.05) is 41.7 Å². The lowest BCUT2D eigenvalue weighted by molar-refractivity contribution is 0.415. The van der Waals surface area contributed by atoms with Crippen LogP contribution in [-0.2, 0) is 0 Å². The Hall–Kier alpha value is -2.64. The number of fused-ring (bicyclic) bond motifs is 2. The number of halogens is 1. The first-order chi connectivity index (χ1) is 12.3. The monoisotopic (exact) mass is 426 g/mol. The fourth-order valence-electron chi connectivity index (χ4n) is 2.98. The van der Waals surface area contributed by atoms with E-state index in [2.05, 4.69) is 17.1 Å². The van der Waals surface area contributed by atoms with Gasteiger partial charge in [0.05, 0.1) is 19.0 Å². The van der Waals surface area contributed by atoms with E-state index in [0.29, 0.717) is 0 Å². The average molecular weight is 427 g/mol. The molecule has 7 heteroatoms. The van der Waals surface area contributed by atoms with Crippen molar-refractivity contribution in [1.82, 2.24) is 19.6 Å². The fourth-order valence-corrected chi connectivity index (χ4v) is 3.89. The Bertz CT molecular complexity index is 1180. The zero-order valence-electron chi connectivity index (χ0n) is 13.8. The lowest BCUT2D eigenvalue weighted by Gasteiger charge is -2.01. The van der Waals surface area contributed by atoms with Gasteiger partial charge in [-0.3, -0.25) is 0 Å². The van der Waals surface area contributed by atoms with Crippen molar-refractivity contribution in [2.75, 3.05) is 7.11 Å². The molecule has 0 radical (unpaired) electrons. The molecule has 26 heavy (non-hydrogen) atoms. The summed E-state index contributed by atoms with van der Waals surface area (Å²) in [6.07, 6.45) is 3.96. The molecular weight excluding hydrogens is 412 g/mol. The summed E-state index contributed by atoms with van der Waals surface area (Å²) in [5.41, 5.74) is 4.13. The van der Waals surface area contributed by atoms with Crippen LogP contribution in [0, 0.1) is 0 Å². The normalized spacial score (nSPS) is 11.0. The third kappa shape index (κ3) is 2.69. The van der Waals surface area contributed by atoms with Crippen LogP contribution in [0.2, 0.25) is 0 Å². The molecule has 0 aliphatic heterocycles. The van der Waals surface area contributed by atoms with Crippen molar-refractivity contribution in [3.8, 4) is 27.6 Å². The topological polar surface area (TPSA) is 55.2 Å². The van der Waals surface area contributed by atoms with Gasteiger partial charge in [0.25, 0.3) is 0 Å². The number of nitrogens with zero attached hydrogens (tertiary/aromatic N) is 3. The van der Waals surface area contributed by atoms with Gasteiger partial charge in [-0.2, -0.15) is 5.10 Å². The third-order valence-corrected chi connectivity index (χ3v) is 5.18. The highest BCUT2D eigenvalue weighted by Gasteiger charge is 2.14. The second-order valence-electron chi connectivity index (χ2n) is 5.74. The minimum Gasteiger partial charge on any atom is -0.497 e. The first kappa shape index (κ1) is 16.8. The van der Waals surface area contributed by atoms with Crippen LogP contribution in [0.1, 0.15) is 0 Å². The van der Waals surface area contributed by atoms with E-state index in [0.717, 1.165) is 38.1 Å². The summed E-state index contributed by atoms with van der Waals surface area (Å²) in [7, 11) is 1.67. The lowest BCUT2D eigenvalue weighted by atomic mass is 10.1. The molecule has 5 rings (SSSR count). The maximum atomic E-state index is 5.29. The smallest absolute Gasteiger partial charge is 0.213 e. The molecule has 0 aliphatic carbocycles. The molecule has 5 nitrogen and oxygen atoms in total. The summed E-state index contributed by atoms with van der Waals surface area (Å²) in [5.74, 6) is 0.821. The number of methoxy groups -OCH3 is 1. The van der Waals surface area contributed by atoms with Crippen LogP contribution in [0.15, 0.2) is 60.9 Å². The molecule has 130 valence electrons. The van der Waals surface area contributed by atoms with E-state index in [1.54, 1.807) is 18.4 Å². The van der Waals surface area contributed by atoms with E-state index < -0.39 is 0 Å². The van der Waals surface area contributed by atoms with Gasteiger partial charge in [0.15, 0.2) is 0 Å². The highest BCUT2D eigenvalue weighted by atomic mass is 79.9. The van der Waals surface area contributed by atoms with E-state index >= 15 is 0 Å². The maximum absolute atomic E-state index is 5.29. The number of benzene rings is 2. The Morgan fingerprint density at radius 2 is 2.00 bits per heavy atom. The van der Waals surface area contributed by atoms with Crippen LogP contribution in [0.3, 0.4) is 0 Å². The van der Waals surface area contributed by atoms with Crippen LogP contribution in [0.5, 0.6) is 5.75 Å². The van der Waals surface area contributed by atoms with Gasteiger partial charge >= 0.3 is 0 Å². The van der Waals surface area contributed by atoms with Gasteiger partial charge in [0.2, 0.25) is 4.96 Å². The number of hydrogen-bond acceptors (Lipinski definition) is 4. The molecule has 1 N–H and O–H groups in total. The molecule has 2 aromatic carbocycles. The van der Waals surface area contributed by atoms with Crippen LogP contribution in [0.25, 0.3) is 37.7 Å². The van der Waals surface area contributed by atoms with Gasteiger partial charge in [-0.15, -0.1) is 17.0 Å². The SMILES string of the molecule is Br.COc1cccc(-c2cn3nc(-c4c[nH]c5ccccc45)sc3n2)c1. The molecule has 3 aromatic heterocycles. The molecule has 0 amide bonds. The third-order valence-electron chi connectivity index (χ3n) is 4.23. The first-order valence-corrected chi connectivity index (χ1v) is 8.70. The van der Waals surface area contributed by atoms with E-state index in [9.17, 15) is 0 Å². The quantitative estimate of drug-likeness (QED) is 0.431. The maximum Gasteiger partial charge on any atom is 0.213 e. The molecule has 0 spiro atoms. The number of hydrogen-bond donors (Lipinski definition) is 1. The van der Waals surface area contributed by atoms with E-state index in [1.807, 2.05) is 53.3 Å². The largest absolute Gasteiger partial charge is 0.497 e. The molecule has 0 unspecified atom stereocenters. The van der Waals surface area contributed by atoms with Crippen LogP contribution in [0.4, 0.5) is 0 Å². The average Bonchev–Trinajstić information content (AvgIpc) is 3.34. The van der Waals surface area contributed by atoms with Crippen molar-refractivity contribution in [3.63, 3.8) is 0 Å². The Kier molecular flexibility index (Phi) is 4.26. The Balaban J connectivity index is 0.00000168. The molecule has 3 heterocycles. The standard InChI is InChI=1S/C19H14N4OS.BrH/c1-24-13-6-4-5-12(9-13)17-11-23-19(21-17)25-18(22-23)15-10-20-16-8-3-2-7-14(15)16;/h2-11,20H,1H3;1H. The van der Waals surface area contributed by atoms with E-state index in [4.69, 9.17) is 14.8 Å². The highest BCUT2D eigenvalue weighted by molar-refractivity contribution is 8.93. The molecule has 5 aromatic rings. The summed E-state index contributed by atoms with van der Waals surface area (Å²) < 4.78 is 7.13. The van der Waals surface area contributed by atoms with Crippen molar-refractivity contribution < 1.29 is 4.74 Å². The Labute approximate surface area is 164 Å². The molecular formula is C19H15BrN4OS. The van der Waals surface area contributed by atoms with Crippen LogP contribution in [-0.4, -0.2) is 26.7 Å². The van der Waals surface area contributed by atoms with Crippen molar-refractivity contribution in [2.24, 2.45) is 0 Å². The van der Waals surface area contributed by atoms with Crippen LogP contribution < -0.4 is 4.74 Å². The number of nitrogens with one attached hydrogen (secondary N) is 1. The number of aromatic amines is 1. The number of imidazole rings is 1. The summed E-state index contributed by atoms with van der Waals surface area (Å²) >= 11 is 1.58. The van der Waals surface area contributed by atoms with Crippen molar-refractivity contribution in [2.45, 2.75) is 0 Å². The number of rotatable bonds is 3. The molecule has 0 fully saturated rings. The number of H-pyrrole nitrogens is 1. The predicted molar refractivity (Wildman–Crippen MR) is 110 cm³/mol. The number of ether oxygens (including phenoxy) is 1. The molecule has 0 atom stereocenters. The van der Waals surface area contributed by atoms with Gasteiger partial charge < -0.3 is 9.72 Å². The predicted octanol–water partition coefficient (Wildman–Crippen LogP) is 5.19. The second kappa shape index (κ2) is 6.59. The lowest BCUT2D eigenvalue weighted by Crippen LogP contribution is -1.84. The summed E-state index contributed by atoms with van der Waals surface area (Å²) in [6, 6.07) is 16.1. The Morgan fingerprint density at radius 3 is 2.85 bits per heavy atom. The minimum absolute atomic E-state index is 0. The van der Waals surface area contributed by atoms with Gasteiger partial charge in [0.1, 0.15) is 10.8 Å². The molecule has 0 bridgehead atoms. The summed E-state index contributed by atoms with van der Waals surface area (Å²) in [5, 5.41) is 6.84. The highest BCUT2D eigenvalue weighted by Crippen LogP contribution is 2.33. The number of para-hydroxylation sites is 1. The van der Waals surface area contributed by atoms with E-state index in [1.165, 1.54) is 5.39 Å². The first-order valence-electron chi connectivity index (χ1n) is 7.89. The number of aromatic nitrogens is 4. The Morgan fingerprint density at radius 1 is 1.12 bits per heavy atom. The van der Waals surface area contributed by atoms with E-state index in [-0.39, 0.29) is 17.0 Å². The summed E-state index contributed by atoms with van der Waals surface area (Å²) in [6.45, 7) is 0.